The van der Waals surface area contributed by atoms with Crippen LogP contribution in [-0.2, 0) is 13.3 Å². The first kappa shape index (κ1) is 22.1. The molecule has 0 aromatic heterocycles. The number of benzene rings is 3. The van der Waals surface area contributed by atoms with Gasteiger partial charge >= 0.3 is 14.8 Å². The van der Waals surface area contributed by atoms with Gasteiger partial charge in [0.25, 0.3) is 0 Å². The Kier molecular flexibility index (Phi) is 7.11. The molecular weight excluding hydrogens is 451 g/mol. The highest BCUT2D eigenvalue weighted by Gasteiger charge is 2.43. The van der Waals surface area contributed by atoms with Gasteiger partial charge in [-0.05, 0) is 65.7 Å². The smallest absolute Gasteiger partial charge is 0.370 e. The minimum atomic E-state index is -2.94. The Balaban J connectivity index is 2.13. The Morgan fingerprint density at radius 3 is 1.46 bits per heavy atom. The van der Waals surface area contributed by atoms with Crippen LogP contribution >= 0.6 is 33.2 Å². The topological polar surface area (TPSA) is 27.7 Å². The first-order valence-corrected chi connectivity index (χ1v) is 16.1. The zero-order chi connectivity index (χ0) is 20.4. The molecule has 0 atom stereocenters. The van der Waals surface area contributed by atoms with Crippen molar-refractivity contribution in [2.24, 2.45) is 0 Å². The Hall–Kier alpha value is -0.636. The van der Waals surface area contributed by atoms with Crippen LogP contribution in [0.3, 0.4) is 0 Å². The maximum absolute atomic E-state index is 6.17. The van der Waals surface area contributed by atoms with Crippen molar-refractivity contribution >= 4 is 80.0 Å². The van der Waals surface area contributed by atoms with E-state index in [0.29, 0.717) is 19.8 Å². The lowest BCUT2D eigenvalue weighted by atomic mass is 10.0. The van der Waals surface area contributed by atoms with Gasteiger partial charge in [0.05, 0.1) is 0 Å². The molecule has 28 heavy (non-hydrogen) atoms. The molecule has 0 unspecified atom stereocenters. The van der Waals surface area contributed by atoms with Crippen LogP contribution in [0.1, 0.15) is 20.8 Å². The van der Waals surface area contributed by atoms with Crippen LogP contribution in [0.2, 0.25) is 0 Å². The SMILES string of the molecule is CCO[Si](OCC)(OCC)c1ccc2cc3cc([Si](Cl)(Cl)Cl)ccc3cc2c1. The summed E-state index contributed by atoms with van der Waals surface area (Å²) in [5.74, 6) is 0. The van der Waals surface area contributed by atoms with E-state index >= 15 is 0 Å². The van der Waals surface area contributed by atoms with Gasteiger partial charge in [-0.1, -0.05) is 30.3 Å². The molecule has 3 aromatic rings. The van der Waals surface area contributed by atoms with E-state index in [1.54, 1.807) is 0 Å². The molecule has 3 nitrogen and oxygen atoms in total. The fourth-order valence-electron chi connectivity index (χ4n) is 3.31. The van der Waals surface area contributed by atoms with E-state index in [4.69, 9.17) is 46.5 Å². The molecule has 0 fully saturated rings. The number of rotatable bonds is 8. The largest absolute Gasteiger partial charge is 0.537 e. The molecule has 150 valence electrons. The van der Waals surface area contributed by atoms with Gasteiger partial charge in [-0.15, -0.1) is 33.2 Å². The molecule has 0 bridgehead atoms. The molecule has 3 rings (SSSR count). The summed E-state index contributed by atoms with van der Waals surface area (Å²) < 4.78 is 18.1. The summed E-state index contributed by atoms with van der Waals surface area (Å²) in [5.41, 5.74) is 0. The summed E-state index contributed by atoms with van der Waals surface area (Å²) in [6.45, 7) is 7.47. The normalized spacial score (nSPS) is 12.8. The van der Waals surface area contributed by atoms with Crippen LogP contribution in [0.15, 0.2) is 48.5 Å². The van der Waals surface area contributed by atoms with Gasteiger partial charge in [0.2, 0.25) is 0 Å². The molecule has 0 heterocycles. The van der Waals surface area contributed by atoms with Crippen molar-refractivity contribution in [3.05, 3.63) is 48.5 Å². The Bertz CT molecular complexity index is 959. The predicted octanol–water partition coefficient (Wildman–Crippen LogP) is 5.11. The van der Waals surface area contributed by atoms with Gasteiger partial charge in [-0.25, -0.2) is 0 Å². The summed E-state index contributed by atoms with van der Waals surface area (Å²) in [7, 11) is -2.94. The van der Waals surface area contributed by atoms with Gasteiger partial charge in [0, 0.05) is 25.0 Å². The summed E-state index contributed by atoms with van der Waals surface area (Å²) in [6, 6.07) is 13.4. The van der Waals surface area contributed by atoms with E-state index in [-0.39, 0.29) is 0 Å². The summed E-state index contributed by atoms with van der Waals surface area (Å²) in [5, 5.41) is 6.10. The van der Waals surface area contributed by atoms with Crippen molar-refractivity contribution in [1.82, 2.24) is 0 Å². The third-order valence-electron chi connectivity index (χ3n) is 4.48. The molecule has 0 radical (unpaired) electrons. The fraction of sp³-hybridized carbons (Fsp3) is 0.300. The molecule has 0 saturated carbocycles. The Labute approximate surface area is 181 Å². The quantitative estimate of drug-likeness (QED) is 0.258. The van der Waals surface area contributed by atoms with Gasteiger partial charge < -0.3 is 13.3 Å². The zero-order valence-corrected chi connectivity index (χ0v) is 20.4. The van der Waals surface area contributed by atoms with E-state index in [9.17, 15) is 0 Å². The minimum Gasteiger partial charge on any atom is -0.370 e. The number of hydrogen-bond acceptors (Lipinski definition) is 3. The predicted molar refractivity (Wildman–Crippen MR) is 125 cm³/mol. The molecule has 0 aliphatic rings. The molecule has 0 aliphatic carbocycles. The third-order valence-corrected chi connectivity index (χ3v) is 10.4. The highest BCUT2D eigenvalue weighted by atomic mass is 35.8. The van der Waals surface area contributed by atoms with E-state index in [2.05, 4.69) is 24.3 Å². The fourth-order valence-corrected chi connectivity index (χ4v) is 7.47. The van der Waals surface area contributed by atoms with Crippen molar-refractivity contribution in [1.29, 1.82) is 0 Å². The average Bonchev–Trinajstić information content (AvgIpc) is 2.65. The molecule has 0 spiro atoms. The van der Waals surface area contributed by atoms with E-state index in [0.717, 1.165) is 31.9 Å². The van der Waals surface area contributed by atoms with Crippen LogP contribution in [0.5, 0.6) is 0 Å². The molecule has 0 N–H and O–H groups in total. The third kappa shape index (κ3) is 4.58. The zero-order valence-electron chi connectivity index (χ0n) is 16.1. The summed E-state index contributed by atoms with van der Waals surface area (Å²) >= 11 is 18.5. The highest BCUT2D eigenvalue weighted by molar-refractivity contribution is 7.69. The first-order chi connectivity index (χ1) is 13.3. The van der Waals surface area contributed by atoms with Crippen LogP contribution in [0.25, 0.3) is 21.5 Å². The lowest BCUT2D eigenvalue weighted by Crippen LogP contribution is -2.56. The number of hydrogen-bond donors (Lipinski definition) is 0. The van der Waals surface area contributed by atoms with Gasteiger partial charge in [-0.3, -0.25) is 0 Å². The molecular formula is C20H23Cl3O3Si2. The van der Waals surface area contributed by atoms with Crippen LogP contribution in [0, 0.1) is 0 Å². The van der Waals surface area contributed by atoms with Crippen molar-refractivity contribution in [3.8, 4) is 0 Å². The minimum absolute atomic E-state index is 0.533. The van der Waals surface area contributed by atoms with Crippen LogP contribution in [0.4, 0.5) is 0 Å². The van der Waals surface area contributed by atoms with Gasteiger partial charge in [-0.2, -0.15) is 0 Å². The Morgan fingerprint density at radius 1 is 0.607 bits per heavy atom. The highest BCUT2D eigenvalue weighted by Crippen LogP contribution is 2.26. The number of fused-ring (bicyclic) bond motifs is 2. The molecule has 0 saturated heterocycles. The van der Waals surface area contributed by atoms with Crippen molar-refractivity contribution < 1.29 is 13.3 Å². The molecule has 3 aromatic carbocycles. The van der Waals surface area contributed by atoms with E-state index in [1.165, 1.54) is 0 Å². The maximum atomic E-state index is 6.17. The monoisotopic (exact) mass is 472 g/mol. The average molecular weight is 474 g/mol. The van der Waals surface area contributed by atoms with Gasteiger partial charge in [0.15, 0.2) is 0 Å². The molecule has 8 heteroatoms. The first-order valence-electron chi connectivity index (χ1n) is 9.30. The second kappa shape index (κ2) is 9.02. The molecule has 0 aliphatic heterocycles. The van der Waals surface area contributed by atoms with E-state index < -0.39 is 14.8 Å². The van der Waals surface area contributed by atoms with Crippen molar-refractivity contribution in [2.75, 3.05) is 19.8 Å². The lowest BCUT2D eigenvalue weighted by molar-refractivity contribution is 0.0859. The standard InChI is InChI=1S/C20H23Cl3O3Si2/c1-4-24-28(25-5-2,26-6-3)20-10-8-16-11-17-13-19(27(21,22)23)9-7-15(17)12-18(16)14-20/h7-14H,4-6H2,1-3H3. The Morgan fingerprint density at radius 2 is 1.04 bits per heavy atom. The van der Waals surface area contributed by atoms with E-state index in [1.807, 2.05) is 45.0 Å². The van der Waals surface area contributed by atoms with Crippen LogP contribution in [-0.4, -0.2) is 34.6 Å². The van der Waals surface area contributed by atoms with Crippen LogP contribution < -0.4 is 10.4 Å². The maximum Gasteiger partial charge on any atom is 0.537 e. The summed E-state index contributed by atoms with van der Waals surface area (Å²) in [6.07, 6.45) is 0. The van der Waals surface area contributed by atoms with Crippen molar-refractivity contribution in [3.63, 3.8) is 0 Å². The van der Waals surface area contributed by atoms with Crippen molar-refractivity contribution in [2.45, 2.75) is 20.8 Å². The number of halogens is 3. The lowest BCUT2D eigenvalue weighted by Gasteiger charge is -2.28. The second-order valence-corrected chi connectivity index (χ2v) is 17.3. The summed E-state index contributed by atoms with van der Waals surface area (Å²) in [4.78, 5) is 0. The van der Waals surface area contributed by atoms with Gasteiger partial charge in [0.1, 0.15) is 0 Å². The second-order valence-electron chi connectivity index (χ2n) is 6.33. The molecule has 0 amide bonds.